The summed E-state index contributed by atoms with van der Waals surface area (Å²) in [5, 5.41) is 11.3. The molecule has 0 amide bonds. The maximum Gasteiger partial charge on any atom is 0.306 e. The molecule has 0 bridgehead atoms. The second-order valence-corrected chi connectivity index (χ2v) is 12.5. The minimum Gasteiger partial charge on any atom is -0.502 e. The van der Waals surface area contributed by atoms with E-state index in [0.29, 0.717) is 47.5 Å². The minimum atomic E-state index is -1.25. The van der Waals surface area contributed by atoms with E-state index in [1.165, 1.54) is 53.9 Å². The van der Waals surface area contributed by atoms with E-state index < -0.39 is 41.0 Å². The summed E-state index contributed by atoms with van der Waals surface area (Å²) in [5.74, 6) is -0.0253. The van der Waals surface area contributed by atoms with E-state index in [0.717, 1.165) is 16.7 Å². The fourth-order valence-corrected chi connectivity index (χ4v) is 6.97. The molecule has 2 atom stereocenters. The molecule has 6 rings (SSSR count). The van der Waals surface area contributed by atoms with E-state index in [1.54, 1.807) is 26.4 Å². The third-order valence-corrected chi connectivity index (χ3v) is 9.63. The van der Waals surface area contributed by atoms with Crippen molar-refractivity contribution in [3.8, 4) is 40.2 Å². The fraction of sp³-hybridized carbons (Fsp3) is 0.325. The molecule has 54 heavy (non-hydrogen) atoms. The molecule has 2 aromatic heterocycles. The van der Waals surface area contributed by atoms with Crippen LogP contribution in [0.3, 0.4) is 0 Å². The van der Waals surface area contributed by atoms with Gasteiger partial charge in [0.15, 0.2) is 34.2 Å². The molecule has 3 heterocycles. The summed E-state index contributed by atoms with van der Waals surface area (Å²) in [5.41, 5.74) is 1.65. The molecule has 0 fully saturated rings. The molecular weight excluding hydrogens is 702 g/mol. The monoisotopic (exact) mass is 743 g/mol. The van der Waals surface area contributed by atoms with E-state index in [9.17, 15) is 19.5 Å². The van der Waals surface area contributed by atoms with E-state index >= 15 is 0 Å². The molecular formula is C40H41NO13. The summed E-state index contributed by atoms with van der Waals surface area (Å²) < 4.78 is 50.7. The Balaban J connectivity index is 1.50. The van der Waals surface area contributed by atoms with Crippen molar-refractivity contribution in [3.63, 3.8) is 0 Å². The lowest BCUT2D eigenvalue weighted by atomic mass is 9.87. The number of benzene rings is 3. The quantitative estimate of drug-likeness (QED) is 0.154. The van der Waals surface area contributed by atoms with Gasteiger partial charge in [-0.05, 0) is 65.6 Å². The maximum atomic E-state index is 13.9. The first-order valence-electron chi connectivity index (χ1n) is 16.9. The Morgan fingerprint density at radius 2 is 1.54 bits per heavy atom. The van der Waals surface area contributed by atoms with Gasteiger partial charge < -0.3 is 47.1 Å². The predicted molar refractivity (Wildman–Crippen MR) is 196 cm³/mol. The number of hydrogen-bond acceptors (Lipinski definition) is 14. The first kappa shape index (κ1) is 37.6. The van der Waals surface area contributed by atoms with Gasteiger partial charge in [0.2, 0.25) is 16.9 Å². The van der Waals surface area contributed by atoms with Gasteiger partial charge in [-0.1, -0.05) is 0 Å². The molecule has 0 saturated heterocycles. The molecule has 14 nitrogen and oxygen atoms in total. The molecule has 5 aromatic rings. The van der Waals surface area contributed by atoms with Crippen LogP contribution in [0.1, 0.15) is 52.2 Å². The van der Waals surface area contributed by atoms with Crippen molar-refractivity contribution in [2.24, 2.45) is 0 Å². The lowest BCUT2D eigenvalue weighted by molar-refractivity contribution is -0.141. The molecule has 0 saturated carbocycles. The molecule has 3 aromatic carbocycles. The van der Waals surface area contributed by atoms with E-state index in [-0.39, 0.29) is 34.6 Å². The van der Waals surface area contributed by atoms with Crippen LogP contribution in [0.2, 0.25) is 0 Å². The van der Waals surface area contributed by atoms with Gasteiger partial charge in [-0.15, -0.1) is 0 Å². The average Bonchev–Trinajstić information content (AvgIpc) is 3.20. The SMILES string of the molecule is COC(=O)C[C@H](c1oc(CN2CCc3cc(OC)c(OC)cc3[C@H]2c2cc(OC)c(OC)c(OC)c2)cc(=O)c1O)c1coc2ccc(OC)cc2c1=O. The first-order valence-corrected chi connectivity index (χ1v) is 16.9. The largest absolute Gasteiger partial charge is 0.502 e. The summed E-state index contributed by atoms with van der Waals surface area (Å²) in [6.07, 6.45) is 1.35. The number of methoxy groups -OCH3 is 7. The van der Waals surface area contributed by atoms with Crippen molar-refractivity contribution in [2.75, 3.05) is 56.3 Å². The van der Waals surface area contributed by atoms with Crippen LogP contribution in [0.5, 0.6) is 40.2 Å². The summed E-state index contributed by atoms with van der Waals surface area (Å²) in [6, 6.07) is 13.0. The summed E-state index contributed by atoms with van der Waals surface area (Å²) in [7, 11) is 10.4. The number of carbonyl (C=O) groups is 1. The summed E-state index contributed by atoms with van der Waals surface area (Å²) >= 11 is 0. The van der Waals surface area contributed by atoms with Crippen molar-refractivity contribution >= 4 is 16.9 Å². The highest BCUT2D eigenvalue weighted by Crippen LogP contribution is 2.46. The summed E-state index contributed by atoms with van der Waals surface area (Å²) in [6.45, 7) is 0.553. The molecule has 284 valence electrons. The lowest BCUT2D eigenvalue weighted by Gasteiger charge is -2.38. The van der Waals surface area contributed by atoms with Gasteiger partial charge in [-0.25, -0.2) is 0 Å². The van der Waals surface area contributed by atoms with Crippen molar-refractivity contribution < 1.29 is 51.9 Å². The van der Waals surface area contributed by atoms with Crippen LogP contribution in [0.25, 0.3) is 11.0 Å². The van der Waals surface area contributed by atoms with E-state index in [4.69, 9.17) is 42.0 Å². The third-order valence-electron chi connectivity index (χ3n) is 9.63. The van der Waals surface area contributed by atoms with Crippen LogP contribution in [0.4, 0.5) is 0 Å². The van der Waals surface area contributed by atoms with Gasteiger partial charge in [0, 0.05) is 18.2 Å². The number of ether oxygens (including phenoxy) is 7. The topological polar surface area (TPSA) is 166 Å². The molecule has 1 aliphatic rings. The zero-order valence-electron chi connectivity index (χ0n) is 31.0. The van der Waals surface area contributed by atoms with E-state index in [2.05, 4.69) is 4.90 Å². The Hall–Kier alpha value is -6.15. The van der Waals surface area contributed by atoms with Crippen molar-refractivity contribution in [1.29, 1.82) is 0 Å². The number of hydrogen-bond donors (Lipinski definition) is 1. The van der Waals surface area contributed by atoms with Gasteiger partial charge >= 0.3 is 5.97 Å². The zero-order chi connectivity index (χ0) is 38.7. The highest BCUT2D eigenvalue weighted by Gasteiger charge is 2.34. The predicted octanol–water partition coefficient (Wildman–Crippen LogP) is 5.35. The number of esters is 1. The van der Waals surface area contributed by atoms with Crippen LogP contribution in [-0.4, -0.2) is 72.3 Å². The fourth-order valence-electron chi connectivity index (χ4n) is 6.97. The number of aromatic hydroxyl groups is 1. The number of nitrogens with zero attached hydrogens (tertiary/aromatic N) is 1. The second-order valence-electron chi connectivity index (χ2n) is 12.5. The average molecular weight is 744 g/mol. The molecule has 0 aliphatic carbocycles. The Bertz CT molecular complexity index is 2290. The number of fused-ring (bicyclic) bond motifs is 2. The van der Waals surface area contributed by atoms with E-state index in [1.807, 2.05) is 24.3 Å². The Labute approximate surface area is 310 Å². The maximum absolute atomic E-state index is 13.9. The first-order chi connectivity index (χ1) is 26.1. The zero-order valence-corrected chi connectivity index (χ0v) is 31.0. The van der Waals surface area contributed by atoms with Gasteiger partial charge in [0.25, 0.3) is 0 Å². The van der Waals surface area contributed by atoms with Crippen LogP contribution in [-0.2, 0) is 22.5 Å². The number of rotatable bonds is 13. The van der Waals surface area contributed by atoms with Crippen LogP contribution in [0, 0.1) is 0 Å². The van der Waals surface area contributed by atoms with Crippen molar-refractivity contribution in [3.05, 3.63) is 109 Å². The normalized spacial score (nSPS) is 14.5. The molecule has 14 heteroatoms. The molecule has 1 aliphatic heterocycles. The molecule has 1 N–H and O–H groups in total. The third kappa shape index (κ3) is 6.99. The van der Waals surface area contributed by atoms with Crippen molar-refractivity contribution in [2.45, 2.75) is 31.3 Å². The Morgan fingerprint density at radius 1 is 0.852 bits per heavy atom. The standard InChI is InChI=1S/C40H41NO13/c1-46-23-8-9-30-27(15-23)37(44)28(20-53-30)26(18-35(43)51-6)39-38(45)29(42)16-24(54-39)19-41-11-10-21-12-31(47-2)32(48-3)17-25(21)36(41)22-13-33(49-4)40(52-7)34(14-22)50-5/h8-9,12-17,20,26,36,45H,10-11,18-19H2,1-7H3/t26-,36+/m0/s1. The molecule has 0 spiro atoms. The lowest BCUT2D eigenvalue weighted by Crippen LogP contribution is -2.36. The highest BCUT2D eigenvalue weighted by atomic mass is 16.5. The van der Waals surface area contributed by atoms with Crippen LogP contribution >= 0.6 is 0 Å². The Kier molecular flexibility index (Phi) is 11.0. The van der Waals surface area contributed by atoms with Gasteiger partial charge in [0.05, 0.1) is 86.3 Å². The highest BCUT2D eigenvalue weighted by molar-refractivity contribution is 5.79. The summed E-state index contributed by atoms with van der Waals surface area (Å²) in [4.78, 5) is 42.3. The van der Waals surface area contributed by atoms with Crippen molar-refractivity contribution in [1.82, 2.24) is 4.90 Å². The Morgan fingerprint density at radius 3 is 2.17 bits per heavy atom. The second kappa shape index (κ2) is 15.8. The van der Waals surface area contributed by atoms with Crippen LogP contribution < -0.4 is 39.3 Å². The molecule has 0 unspecified atom stereocenters. The van der Waals surface area contributed by atoms with Gasteiger partial charge in [0.1, 0.15) is 17.1 Å². The number of carbonyl (C=O) groups excluding carboxylic acids is 1. The van der Waals surface area contributed by atoms with Crippen LogP contribution in [0.15, 0.2) is 73.2 Å². The minimum absolute atomic E-state index is 0.0278. The smallest absolute Gasteiger partial charge is 0.306 e. The van der Waals surface area contributed by atoms with Gasteiger partial charge in [-0.2, -0.15) is 0 Å². The molecule has 0 radical (unpaired) electrons. The van der Waals surface area contributed by atoms with Gasteiger partial charge in [-0.3, -0.25) is 19.3 Å².